The number of pyridine rings is 1. The normalized spacial score (nSPS) is 13.1. The van der Waals surface area contributed by atoms with E-state index < -0.39 is 16.1 Å². The zero-order valence-electron chi connectivity index (χ0n) is 10.7. The molecule has 1 heterocycles. The van der Waals surface area contributed by atoms with E-state index in [-0.39, 0.29) is 10.7 Å². The molecule has 1 aromatic carbocycles. The highest BCUT2D eigenvalue weighted by Crippen LogP contribution is 2.20. The molecule has 5 nitrogen and oxygen atoms in total. The van der Waals surface area contributed by atoms with Crippen molar-refractivity contribution in [2.24, 2.45) is 0 Å². The molecule has 0 aliphatic carbocycles. The van der Waals surface area contributed by atoms with Crippen LogP contribution in [0.3, 0.4) is 0 Å². The SMILES string of the molecule is CC(NS(=O)(=O)c1cccnc1N)c1ccc(Cl)cc1. The maximum Gasteiger partial charge on any atom is 0.244 e. The molecule has 1 atom stereocenters. The average Bonchev–Trinajstić information content (AvgIpc) is 2.39. The van der Waals surface area contributed by atoms with Gasteiger partial charge in [0, 0.05) is 17.3 Å². The standard InChI is InChI=1S/C13H14ClN3O2S/c1-9(10-4-6-11(14)7-5-10)17-20(18,19)12-3-2-8-16-13(12)15/h2-9,17H,1H3,(H2,15,16). The Morgan fingerprint density at radius 3 is 2.50 bits per heavy atom. The zero-order chi connectivity index (χ0) is 14.8. The minimum Gasteiger partial charge on any atom is -0.383 e. The Morgan fingerprint density at radius 2 is 1.90 bits per heavy atom. The van der Waals surface area contributed by atoms with Gasteiger partial charge in [-0.1, -0.05) is 23.7 Å². The Labute approximate surface area is 122 Å². The fourth-order valence-corrected chi connectivity index (χ4v) is 3.19. The molecule has 0 spiro atoms. The lowest BCUT2D eigenvalue weighted by molar-refractivity contribution is 0.567. The summed E-state index contributed by atoms with van der Waals surface area (Å²) in [6, 6.07) is 9.48. The van der Waals surface area contributed by atoms with Crippen molar-refractivity contribution < 1.29 is 8.42 Å². The van der Waals surface area contributed by atoms with E-state index >= 15 is 0 Å². The maximum atomic E-state index is 12.2. The lowest BCUT2D eigenvalue weighted by Gasteiger charge is -2.15. The third-order valence-corrected chi connectivity index (χ3v) is 4.63. The highest BCUT2D eigenvalue weighted by Gasteiger charge is 2.21. The summed E-state index contributed by atoms with van der Waals surface area (Å²) in [6.07, 6.45) is 1.44. The van der Waals surface area contributed by atoms with Gasteiger partial charge in [-0.3, -0.25) is 0 Å². The van der Waals surface area contributed by atoms with Crippen molar-refractivity contribution in [2.45, 2.75) is 17.9 Å². The predicted octanol–water partition coefficient (Wildman–Crippen LogP) is 2.36. The zero-order valence-corrected chi connectivity index (χ0v) is 12.3. The molecule has 20 heavy (non-hydrogen) atoms. The highest BCUT2D eigenvalue weighted by atomic mass is 35.5. The van der Waals surface area contributed by atoms with Gasteiger partial charge in [0.2, 0.25) is 10.0 Å². The van der Waals surface area contributed by atoms with Gasteiger partial charge in [-0.25, -0.2) is 18.1 Å². The van der Waals surface area contributed by atoms with E-state index in [1.165, 1.54) is 18.3 Å². The van der Waals surface area contributed by atoms with Crippen LogP contribution >= 0.6 is 11.6 Å². The maximum absolute atomic E-state index is 12.2. The van der Waals surface area contributed by atoms with Gasteiger partial charge in [-0.05, 0) is 36.8 Å². The van der Waals surface area contributed by atoms with Gasteiger partial charge in [0.05, 0.1) is 0 Å². The van der Waals surface area contributed by atoms with Crippen molar-refractivity contribution in [3.8, 4) is 0 Å². The molecule has 106 valence electrons. The number of aromatic nitrogens is 1. The number of anilines is 1. The quantitative estimate of drug-likeness (QED) is 0.907. The number of halogens is 1. The summed E-state index contributed by atoms with van der Waals surface area (Å²) in [5.74, 6) is -0.0247. The summed E-state index contributed by atoms with van der Waals surface area (Å²) in [5, 5.41) is 0.598. The van der Waals surface area contributed by atoms with E-state index in [4.69, 9.17) is 17.3 Å². The van der Waals surface area contributed by atoms with Gasteiger partial charge in [-0.15, -0.1) is 0 Å². The van der Waals surface area contributed by atoms with Crippen LogP contribution in [0.25, 0.3) is 0 Å². The molecular weight excluding hydrogens is 298 g/mol. The van der Waals surface area contributed by atoms with Crippen LogP contribution in [0.1, 0.15) is 18.5 Å². The summed E-state index contributed by atoms with van der Waals surface area (Å²) in [5.41, 5.74) is 6.40. The molecule has 0 fully saturated rings. The van der Waals surface area contributed by atoms with Gasteiger partial charge in [-0.2, -0.15) is 0 Å². The van der Waals surface area contributed by atoms with Gasteiger partial charge in [0.15, 0.2) is 0 Å². The molecule has 2 aromatic rings. The molecule has 1 aromatic heterocycles. The van der Waals surface area contributed by atoms with Crippen LogP contribution < -0.4 is 10.5 Å². The van der Waals surface area contributed by atoms with E-state index in [1.807, 2.05) is 0 Å². The van der Waals surface area contributed by atoms with Crippen molar-refractivity contribution >= 4 is 27.4 Å². The van der Waals surface area contributed by atoms with Crippen LogP contribution in [0.4, 0.5) is 5.82 Å². The summed E-state index contributed by atoms with van der Waals surface area (Å²) < 4.78 is 27.1. The third-order valence-electron chi connectivity index (χ3n) is 2.79. The van der Waals surface area contributed by atoms with Crippen molar-refractivity contribution in [2.75, 3.05) is 5.73 Å². The van der Waals surface area contributed by atoms with Gasteiger partial charge in [0.1, 0.15) is 10.7 Å². The summed E-state index contributed by atoms with van der Waals surface area (Å²) >= 11 is 5.80. The number of rotatable bonds is 4. The molecule has 7 heteroatoms. The highest BCUT2D eigenvalue weighted by molar-refractivity contribution is 7.89. The monoisotopic (exact) mass is 311 g/mol. The first-order chi connectivity index (χ1) is 9.40. The lowest BCUT2D eigenvalue weighted by atomic mass is 10.1. The molecule has 0 saturated carbocycles. The second-order valence-electron chi connectivity index (χ2n) is 4.28. The van der Waals surface area contributed by atoms with E-state index in [2.05, 4.69) is 9.71 Å². The predicted molar refractivity (Wildman–Crippen MR) is 78.8 cm³/mol. The van der Waals surface area contributed by atoms with Crippen LogP contribution in [0.2, 0.25) is 5.02 Å². The fourth-order valence-electron chi connectivity index (χ4n) is 1.75. The smallest absolute Gasteiger partial charge is 0.244 e. The van der Waals surface area contributed by atoms with Crippen LogP contribution in [-0.4, -0.2) is 13.4 Å². The largest absolute Gasteiger partial charge is 0.383 e. The summed E-state index contributed by atoms with van der Waals surface area (Å²) in [7, 11) is -3.72. The minimum absolute atomic E-state index is 0.0247. The number of nitrogens with two attached hydrogens (primary N) is 1. The molecule has 0 radical (unpaired) electrons. The average molecular weight is 312 g/mol. The van der Waals surface area contributed by atoms with Gasteiger partial charge >= 0.3 is 0 Å². The Balaban J connectivity index is 2.24. The van der Waals surface area contributed by atoms with E-state index in [0.717, 1.165) is 5.56 Å². The van der Waals surface area contributed by atoms with Crippen LogP contribution in [0.15, 0.2) is 47.5 Å². The Hall–Kier alpha value is -1.63. The number of nitrogen functional groups attached to an aromatic ring is 1. The number of nitrogens with zero attached hydrogens (tertiary/aromatic N) is 1. The number of hydrogen-bond donors (Lipinski definition) is 2. The van der Waals surface area contributed by atoms with Crippen LogP contribution in [0.5, 0.6) is 0 Å². The van der Waals surface area contributed by atoms with E-state index in [9.17, 15) is 8.42 Å². The van der Waals surface area contributed by atoms with Crippen molar-refractivity contribution in [1.82, 2.24) is 9.71 Å². The van der Waals surface area contributed by atoms with Crippen molar-refractivity contribution in [1.29, 1.82) is 0 Å². The first-order valence-electron chi connectivity index (χ1n) is 5.88. The molecule has 0 saturated heterocycles. The molecular formula is C13H14ClN3O2S. The van der Waals surface area contributed by atoms with E-state index in [0.29, 0.717) is 5.02 Å². The molecule has 0 aliphatic rings. The Bertz CT molecular complexity index is 702. The molecule has 0 aliphatic heterocycles. The number of sulfonamides is 1. The molecule has 3 N–H and O–H groups in total. The van der Waals surface area contributed by atoms with Crippen LogP contribution in [0, 0.1) is 0 Å². The second-order valence-corrected chi connectivity index (χ2v) is 6.40. The molecule has 2 rings (SSSR count). The Morgan fingerprint density at radius 1 is 1.25 bits per heavy atom. The lowest BCUT2D eigenvalue weighted by Crippen LogP contribution is -2.27. The second kappa shape index (κ2) is 5.78. The minimum atomic E-state index is -3.72. The topological polar surface area (TPSA) is 85.1 Å². The number of hydrogen-bond acceptors (Lipinski definition) is 4. The molecule has 1 unspecified atom stereocenters. The van der Waals surface area contributed by atoms with Gasteiger partial charge < -0.3 is 5.73 Å². The van der Waals surface area contributed by atoms with Gasteiger partial charge in [0.25, 0.3) is 0 Å². The van der Waals surface area contributed by atoms with Crippen LogP contribution in [-0.2, 0) is 10.0 Å². The van der Waals surface area contributed by atoms with Crippen molar-refractivity contribution in [3.05, 3.63) is 53.2 Å². The number of benzene rings is 1. The molecule has 0 bridgehead atoms. The first-order valence-corrected chi connectivity index (χ1v) is 7.74. The fraction of sp³-hybridized carbons (Fsp3) is 0.154. The Kier molecular flexibility index (Phi) is 4.27. The summed E-state index contributed by atoms with van der Waals surface area (Å²) in [6.45, 7) is 1.74. The summed E-state index contributed by atoms with van der Waals surface area (Å²) in [4.78, 5) is 3.75. The number of nitrogens with one attached hydrogen (secondary N) is 1. The van der Waals surface area contributed by atoms with Crippen molar-refractivity contribution in [3.63, 3.8) is 0 Å². The van der Waals surface area contributed by atoms with E-state index in [1.54, 1.807) is 31.2 Å². The first kappa shape index (κ1) is 14.8. The molecule has 0 amide bonds. The third kappa shape index (κ3) is 3.27.